The number of nitrogens with one attached hydrogen (secondary N) is 1. The van der Waals surface area contributed by atoms with E-state index in [1.54, 1.807) is 30.3 Å². The van der Waals surface area contributed by atoms with E-state index in [0.717, 1.165) is 0 Å². The van der Waals surface area contributed by atoms with Gasteiger partial charge < -0.3 is 9.47 Å². The molecule has 6 heteroatoms. The summed E-state index contributed by atoms with van der Waals surface area (Å²) in [6, 6.07) is 16.2. The zero-order valence-electron chi connectivity index (χ0n) is 16.3. The molecular formula is C22H23ClN2O3. The fourth-order valence-electron chi connectivity index (χ4n) is 4.28. The third kappa shape index (κ3) is 3.65. The highest BCUT2D eigenvalue weighted by molar-refractivity contribution is 6.31. The van der Waals surface area contributed by atoms with Gasteiger partial charge in [-0.3, -0.25) is 5.32 Å². The first-order valence-corrected chi connectivity index (χ1v) is 9.43. The summed E-state index contributed by atoms with van der Waals surface area (Å²) >= 11 is 6.11. The minimum absolute atomic E-state index is 0.196. The number of amides is 1. The van der Waals surface area contributed by atoms with Crippen LogP contribution in [0.5, 0.6) is 5.75 Å². The van der Waals surface area contributed by atoms with Crippen molar-refractivity contribution in [2.45, 2.75) is 39.9 Å². The van der Waals surface area contributed by atoms with Crippen molar-refractivity contribution in [2.24, 2.45) is 10.8 Å². The summed E-state index contributed by atoms with van der Waals surface area (Å²) in [6.07, 6.45) is -1.02. The molecule has 2 aromatic carbocycles. The minimum Gasteiger partial charge on any atom is -0.489 e. The molecule has 1 N–H and O–H groups in total. The molecule has 1 aliphatic carbocycles. The predicted molar refractivity (Wildman–Crippen MR) is 108 cm³/mol. The van der Waals surface area contributed by atoms with Crippen LogP contribution in [0.1, 0.15) is 33.3 Å². The maximum Gasteiger partial charge on any atom is 0.411 e. The maximum atomic E-state index is 12.3. The number of carbonyl (C=O) groups is 1. The predicted octanol–water partition coefficient (Wildman–Crippen LogP) is 5.64. The van der Waals surface area contributed by atoms with Crippen LogP contribution in [-0.4, -0.2) is 18.3 Å². The number of para-hydroxylation sites is 1. The van der Waals surface area contributed by atoms with Crippen molar-refractivity contribution in [1.82, 2.24) is 0 Å². The monoisotopic (exact) mass is 398 g/mol. The first kappa shape index (κ1) is 20.0. The second kappa shape index (κ2) is 7.37. The molecule has 0 radical (unpaired) electrons. The van der Waals surface area contributed by atoms with E-state index >= 15 is 0 Å². The SMILES string of the molecule is CC1(C)[C@H](OC(=O)Nc2ccccc2)C(C)(C)[C@H]1Oc1ccc(C#N)c(Cl)c1. The topological polar surface area (TPSA) is 71.3 Å². The van der Waals surface area contributed by atoms with Crippen LogP contribution >= 0.6 is 11.6 Å². The molecule has 0 unspecified atom stereocenters. The molecule has 5 nitrogen and oxygen atoms in total. The van der Waals surface area contributed by atoms with E-state index in [9.17, 15) is 4.79 Å². The van der Waals surface area contributed by atoms with Crippen LogP contribution in [-0.2, 0) is 4.74 Å². The van der Waals surface area contributed by atoms with Crippen LogP contribution in [0.4, 0.5) is 10.5 Å². The highest BCUT2D eigenvalue weighted by atomic mass is 35.5. The molecule has 0 bridgehead atoms. The summed E-state index contributed by atoms with van der Waals surface area (Å²) in [7, 11) is 0. The van der Waals surface area contributed by atoms with Gasteiger partial charge in [-0.1, -0.05) is 57.5 Å². The second-order valence-corrected chi connectivity index (χ2v) is 8.58. The summed E-state index contributed by atoms with van der Waals surface area (Å²) in [6.45, 7) is 8.03. The first-order chi connectivity index (χ1) is 13.2. The van der Waals surface area contributed by atoms with E-state index in [-0.39, 0.29) is 12.2 Å². The number of carbonyl (C=O) groups excluding carboxylic acids is 1. The van der Waals surface area contributed by atoms with E-state index in [2.05, 4.69) is 5.32 Å². The molecule has 2 aromatic rings. The van der Waals surface area contributed by atoms with Gasteiger partial charge in [0.1, 0.15) is 24.0 Å². The van der Waals surface area contributed by atoms with Crippen molar-refractivity contribution in [3.63, 3.8) is 0 Å². The zero-order valence-corrected chi connectivity index (χ0v) is 17.1. The van der Waals surface area contributed by atoms with Crippen LogP contribution in [0.2, 0.25) is 5.02 Å². The van der Waals surface area contributed by atoms with Gasteiger partial charge >= 0.3 is 6.09 Å². The number of nitrogens with zero attached hydrogens (tertiary/aromatic N) is 1. The number of hydrogen-bond donors (Lipinski definition) is 1. The molecule has 1 amide bonds. The highest BCUT2D eigenvalue weighted by Crippen LogP contribution is 2.57. The number of anilines is 1. The van der Waals surface area contributed by atoms with Crippen LogP contribution in [0.15, 0.2) is 48.5 Å². The average molecular weight is 399 g/mol. The summed E-state index contributed by atoms with van der Waals surface area (Å²) in [5.74, 6) is 0.585. The Labute approximate surface area is 170 Å². The molecule has 0 heterocycles. The molecule has 0 aliphatic heterocycles. The van der Waals surface area contributed by atoms with E-state index in [1.165, 1.54) is 0 Å². The molecule has 146 valence electrons. The van der Waals surface area contributed by atoms with Crippen molar-refractivity contribution in [2.75, 3.05) is 5.32 Å². The van der Waals surface area contributed by atoms with Crippen molar-refractivity contribution < 1.29 is 14.3 Å². The number of benzene rings is 2. The highest BCUT2D eigenvalue weighted by Gasteiger charge is 2.66. The lowest BCUT2D eigenvalue weighted by molar-refractivity contribution is -0.233. The van der Waals surface area contributed by atoms with Gasteiger partial charge in [-0.15, -0.1) is 0 Å². The van der Waals surface area contributed by atoms with Crippen LogP contribution in [0.25, 0.3) is 0 Å². The van der Waals surface area contributed by atoms with E-state index in [4.69, 9.17) is 26.3 Å². The fraction of sp³-hybridized carbons (Fsp3) is 0.364. The molecule has 0 atom stereocenters. The van der Waals surface area contributed by atoms with Crippen molar-refractivity contribution >= 4 is 23.4 Å². The number of nitriles is 1. The third-order valence-corrected chi connectivity index (χ3v) is 5.58. The summed E-state index contributed by atoms with van der Waals surface area (Å²) < 4.78 is 11.9. The molecule has 1 aliphatic rings. The van der Waals surface area contributed by atoms with Gasteiger partial charge in [-0.05, 0) is 24.3 Å². The molecule has 1 saturated carbocycles. The smallest absolute Gasteiger partial charge is 0.411 e. The first-order valence-electron chi connectivity index (χ1n) is 9.05. The lowest BCUT2D eigenvalue weighted by Gasteiger charge is -2.61. The standard InChI is InChI=1S/C22H23ClN2O3/c1-21(2)18(27-16-11-10-14(13-24)17(23)12-16)22(3,4)19(21)28-20(26)25-15-8-6-5-7-9-15/h5-12,18-19H,1-4H3,(H,25,26)/t18-,19-. The Kier molecular flexibility index (Phi) is 5.27. The Balaban J connectivity index is 1.70. The van der Waals surface area contributed by atoms with Gasteiger partial charge in [-0.2, -0.15) is 5.26 Å². The quantitative estimate of drug-likeness (QED) is 0.723. The summed E-state index contributed by atoms with van der Waals surface area (Å²) in [5.41, 5.74) is 0.276. The van der Waals surface area contributed by atoms with Crippen LogP contribution in [0, 0.1) is 22.2 Å². The average Bonchev–Trinajstić information content (AvgIpc) is 2.65. The van der Waals surface area contributed by atoms with Gasteiger partial charge in [0, 0.05) is 22.6 Å². The van der Waals surface area contributed by atoms with E-state index in [1.807, 2.05) is 52.0 Å². The Hall–Kier alpha value is -2.71. The van der Waals surface area contributed by atoms with Gasteiger partial charge in [-0.25, -0.2) is 4.79 Å². The molecule has 3 rings (SSSR count). The normalized spacial score (nSPS) is 21.7. The van der Waals surface area contributed by atoms with Gasteiger partial charge in [0.05, 0.1) is 10.6 Å². The Morgan fingerprint density at radius 2 is 1.71 bits per heavy atom. The Morgan fingerprint density at radius 3 is 2.29 bits per heavy atom. The van der Waals surface area contributed by atoms with Crippen molar-refractivity contribution in [3.05, 3.63) is 59.1 Å². The van der Waals surface area contributed by atoms with Crippen LogP contribution in [0.3, 0.4) is 0 Å². The third-order valence-electron chi connectivity index (χ3n) is 5.26. The van der Waals surface area contributed by atoms with Crippen molar-refractivity contribution in [3.8, 4) is 11.8 Å². The van der Waals surface area contributed by atoms with E-state index < -0.39 is 16.9 Å². The van der Waals surface area contributed by atoms with E-state index in [0.29, 0.717) is 22.0 Å². The number of halogens is 1. The minimum atomic E-state index is -0.489. The number of hydrogen-bond acceptors (Lipinski definition) is 4. The van der Waals surface area contributed by atoms with Gasteiger partial charge in [0.15, 0.2) is 0 Å². The molecule has 0 spiro atoms. The summed E-state index contributed by atoms with van der Waals surface area (Å²) in [5, 5.41) is 12.1. The summed E-state index contributed by atoms with van der Waals surface area (Å²) in [4.78, 5) is 12.3. The number of rotatable bonds is 4. The lowest BCUT2D eigenvalue weighted by Crippen LogP contribution is -2.70. The van der Waals surface area contributed by atoms with Gasteiger partial charge in [0.2, 0.25) is 0 Å². The fourth-order valence-corrected chi connectivity index (χ4v) is 4.49. The molecule has 0 saturated heterocycles. The molecule has 0 aromatic heterocycles. The zero-order chi connectivity index (χ0) is 20.5. The maximum absolute atomic E-state index is 12.3. The molecule has 28 heavy (non-hydrogen) atoms. The Bertz CT molecular complexity index is 903. The Morgan fingerprint density at radius 1 is 1.07 bits per heavy atom. The van der Waals surface area contributed by atoms with Gasteiger partial charge in [0.25, 0.3) is 0 Å². The largest absolute Gasteiger partial charge is 0.489 e. The second-order valence-electron chi connectivity index (χ2n) is 8.17. The lowest BCUT2D eigenvalue weighted by atomic mass is 9.51. The van der Waals surface area contributed by atoms with Crippen LogP contribution < -0.4 is 10.1 Å². The van der Waals surface area contributed by atoms with Crippen molar-refractivity contribution in [1.29, 1.82) is 5.26 Å². The number of ether oxygens (including phenoxy) is 2. The molecule has 1 fully saturated rings. The molecular weight excluding hydrogens is 376 g/mol.